The van der Waals surface area contributed by atoms with Gasteiger partial charge in [0.05, 0.1) is 12.1 Å². The fourth-order valence-corrected chi connectivity index (χ4v) is 1.98. The Bertz CT molecular complexity index is 805. The largest absolute Gasteiger partial charge is 0.486 e. The minimum absolute atomic E-state index is 0.0365. The van der Waals surface area contributed by atoms with Crippen LogP contribution >= 0.6 is 0 Å². The lowest BCUT2D eigenvalue weighted by Crippen LogP contribution is -2.33. The number of ether oxygens (including phenoxy) is 1. The average molecular weight is 370 g/mol. The Morgan fingerprint density at radius 2 is 1.73 bits per heavy atom. The number of amides is 2. The molecule has 0 unspecified atom stereocenters. The number of rotatable bonds is 6. The highest BCUT2D eigenvalue weighted by Crippen LogP contribution is 2.29. The highest BCUT2D eigenvalue weighted by molar-refractivity contribution is 5.96. The molecule has 0 aliphatic rings. The van der Waals surface area contributed by atoms with Crippen LogP contribution in [0.15, 0.2) is 42.5 Å². The standard InChI is InChI=1S/C17H14F4N2O3/c18-13-7-11(16(25)23-8-15(22)24)3-6-14(13)26-9-10-1-4-12(5-2-10)17(19,20)21/h1-7H,8-9H2,(H2,22,24)(H,23,25). The first kappa shape index (κ1) is 19.2. The number of alkyl halides is 3. The number of carbonyl (C=O) groups excluding carboxylic acids is 2. The lowest BCUT2D eigenvalue weighted by molar-refractivity contribution is -0.137. The number of nitrogens with two attached hydrogens (primary N) is 1. The molecule has 0 aliphatic heterocycles. The minimum atomic E-state index is -4.43. The first-order chi connectivity index (χ1) is 12.2. The number of carbonyl (C=O) groups is 2. The SMILES string of the molecule is NC(=O)CNC(=O)c1ccc(OCc2ccc(C(F)(F)F)cc2)c(F)c1. The summed E-state index contributed by atoms with van der Waals surface area (Å²) in [7, 11) is 0. The molecule has 2 rings (SSSR count). The second-order valence-electron chi connectivity index (χ2n) is 5.28. The molecule has 26 heavy (non-hydrogen) atoms. The topological polar surface area (TPSA) is 81.4 Å². The van der Waals surface area contributed by atoms with Gasteiger partial charge in [-0.3, -0.25) is 9.59 Å². The van der Waals surface area contributed by atoms with Crippen molar-refractivity contribution in [2.24, 2.45) is 5.73 Å². The quantitative estimate of drug-likeness (QED) is 0.767. The number of benzene rings is 2. The highest BCUT2D eigenvalue weighted by Gasteiger charge is 2.29. The average Bonchev–Trinajstić information content (AvgIpc) is 2.58. The van der Waals surface area contributed by atoms with Crippen LogP contribution in [0.2, 0.25) is 0 Å². The van der Waals surface area contributed by atoms with Gasteiger partial charge in [-0.2, -0.15) is 13.2 Å². The van der Waals surface area contributed by atoms with Crippen molar-refractivity contribution in [3.05, 3.63) is 65.0 Å². The molecule has 138 valence electrons. The number of hydrogen-bond acceptors (Lipinski definition) is 3. The second-order valence-corrected chi connectivity index (χ2v) is 5.28. The number of nitrogens with one attached hydrogen (secondary N) is 1. The van der Waals surface area contributed by atoms with Gasteiger partial charge in [-0.15, -0.1) is 0 Å². The molecule has 0 aromatic heterocycles. The molecule has 0 fully saturated rings. The van der Waals surface area contributed by atoms with Gasteiger partial charge in [0.15, 0.2) is 11.6 Å². The summed E-state index contributed by atoms with van der Waals surface area (Å²) in [6.45, 7) is -0.533. The molecular weight excluding hydrogens is 356 g/mol. The minimum Gasteiger partial charge on any atom is -0.486 e. The van der Waals surface area contributed by atoms with E-state index in [1.807, 2.05) is 0 Å². The van der Waals surface area contributed by atoms with Crippen molar-refractivity contribution in [3.63, 3.8) is 0 Å². The molecular formula is C17H14F4N2O3. The van der Waals surface area contributed by atoms with Gasteiger partial charge in [-0.05, 0) is 35.9 Å². The third-order valence-corrected chi connectivity index (χ3v) is 3.29. The van der Waals surface area contributed by atoms with Gasteiger partial charge < -0.3 is 15.8 Å². The normalized spacial score (nSPS) is 11.1. The van der Waals surface area contributed by atoms with Crippen LogP contribution < -0.4 is 15.8 Å². The molecule has 3 N–H and O–H groups in total. The van der Waals surface area contributed by atoms with E-state index in [1.54, 1.807) is 0 Å². The third kappa shape index (κ3) is 5.20. The molecule has 0 saturated carbocycles. The van der Waals surface area contributed by atoms with Gasteiger partial charge in [-0.1, -0.05) is 12.1 Å². The molecule has 9 heteroatoms. The summed E-state index contributed by atoms with van der Waals surface area (Å²) < 4.78 is 56.7. The van der Waals surface area contributed by atoms with Crippen LogP contribution in [0.25, 0.3) is 0 Å². The maximum atomic E-state index is 14.0. The number of hydrogen-bond donors (Lipinski definition) is 2. The zero-order valence-electron chi connectivity index (χ0n) is 13.3. The molecule has 2 amide bonds. The summed E-state index contributed by atoms with van der Waals surface area (Å²) in [6, 6.07) is 7.67. The van der Waals surface area contributed by atoms with E-state index in [2.05, 4.69) is 5.32 Å². The van der Waals surface area contributed by atoms with Crippen LogP contribution in [-0.4, -0.2) is 18.4 Å². The van der Waals surface area contributed by atoms with E-state index in [0.717, 1.165) is 18.2 Å². The first-order valence-corrected chi connectivity index (χ1v) is 7.32. The Labute approximate surface area is 145 Å². The Kier molecular flexibility index (Phi) is 5.81. The summed E-state index contributed by atoms with van der Waals surface area (Å²) in [4.78, 5) is 22.3. The van der Waals surface area contributed by atoms with Crippen LogP contribution in [0.3, 0.4) is 0 Å². The van der Waals surface area contributed by atoms with Gasteiger partial charge >= 0.3 is 6.18 Å². The van der Waals surface area contributed by atoms with E-state index in [0.29, 0.717) is 5.56 Å². The van der Waals surface area contributed by atoms with Gasteiger partial charge in [0.25, 0.3) is 5.91 Å². The molecule has 0 aliphatic carbocycles. The Hall–Kier alpha value is -3.10. The van der Waals surface area contributed by atoms with Gasteiger partial charge in [0, 0.05) is 5.56 Å². The second kappa shape index (κ2) is 7.85. The van der Waals surface area contributed by atoms with E-state index in [1.165, 1.54) is 24.3 Å². The molecule has 0 radical (unpaired) electrons. The summed E-state index contributed by atoms with van der Waals surface area (Å²) in [6.07, 6.45) is -4.43. The lowest BCUT2D eigenvalue weighted by Gasteiger charge is -2.10. The van der Waals surface area contributed by atoms with Crippen molar-refractivity contribution in [2.45, 2.75) is 12.8 Å². The fraction of sp³-hybridized carbons (Fsp3) is 0.176. The zero-order chi connectivity index (χ0) is 19.3. The number of halogens is 4. The Morgan fingerprint density at radius 1 is 1.08 bits per heavy atom. The zero-order valence-corrected chi connectivity index (χ0v) is 13.3. The predicted molar refractivity (Wildman–Crippen MR) is 83.7 cm³/mol. The van der Waals surface area contributed by atoms with E-state index < -0.39 is 29.4 Å². The first-order valence-electron chi connectivity index (χ1n) is 7.32. The van der Waals surface area contributed by atoms with Crippen molar-refractivity contribution in [2.75, 3.05) is 6.54 Å². The molecule has 0 bridgehead atoms. The van der Waals surface area contributed by atoms with Crippen LogP contribution in [0, 0.1) is 5.82 Å². The van der Waals surface area contributed by atoms with Crippen LogP contribution in [-0.2, 0) is 17.6 Å². The van der Waals surface area contributed by atoms with Crippen LogP contribution in [0.4, 0.5) is 17.6 Å². The summed E-state index contributed by atoms with van der Waals surface area (Å²) in [5, 5.41) is 2.21. The predicted octanol–water partition coefficient (Wildman–Crippen LogP) is 2.64. The van der Waals surface area contributed by atoms with Crippen molar-refractivity contribution < 1.29 is 31.9 Å². The maximum absolute atomic E-state index is 14.0. The number of primary amides is 1. The molecule has 2 aromatic rings. The lowest BCUT2D eigenvalue weighted by atomic mass is 10.1. The third-order valence-electron chi connectivity index (χ3n) is 3.29. The molecule has 5 nitrogen and oxygen atoms in total. The van der Waals surface area contributed by atoms with Crippen molar-refractivity contribution >= 4 is 11.8 Å². The molecule has 0 saturated heterocycles. The van der Waals surface area contributed by atoms with Crippen molar-refractivity contribution in [1.29, 1.82) is 0 Å². The van der Waals surface area contributed by atoms with E-state index >= 15 is 0 Å². The summed E-state index contributed by atoms with van der Waals surface area (Å²) in [5.74, 6) is -2.42. The van der Waals surface area contributed by atoms with Gasteiger partial charge in [0.2, 0.25) is 5.91 Å². The van der Waals surface area contributed by atoms with Gasteiger partial charge in [0.1, 0.15) is 6.61 Å². The van der Waals surface area contributed by atoms with Crippen LogP contribution in [0.1, 0.15) is 21.5 Å². The summed E-state index contributed by atoms with van der Waals surface area (Å²) >= 11 is 0. The van der Waals surface area contributed by atoms with E-state index in [-0.39, 0.29) is 24.5 Å². The Morgan fingerprint density at radius 3 is 2.27 bits per heavy atom. The highest BCUT2D eigenvalue weighted by atomic mass is 19.4. The monoisotopic (exact) mass is 370 g/mol. The molecule has 2 aromatic carbocycles. The molecule has 0 atom stereocenters. The maximum Gasteiger partial charge on any atom is 0.416 e. The molecule has 0 heterocycles. The van der Waals surface area contributed by atoms with Gasteiger partial charge in [-0.25, -0.2) is 4.39 Å². The molecule has 0 spiro atoms. The van der Waals surface area contributed by atoms with E-state index in [9.17, 15) is 27.2 Å². The van der Waals surface area contributed by atoms with E-state index in [4.69, 9.17) is 10.5 Å². The van der Waals surface area contributed by atoms with Crippen LogP contribution in [0.5, 0.6) is 5.75 Å². The van der Waals surface area contributed by atoms with Crippen molar-refractivity contribution in [3.8, 4) is 5.75 Å². The Balaban J connectivity index is 2.00. The summed E-state index contributed by atoms with van der Waals surface area (Å²) in [5.41, 5.74) is 4.48. The fourth-order valence-electron chi connectivity index (χ4n) is 1.98. The van der Waals surface area contributed by atoms with Crippen molar-refractivity contribution in [1.82, 2.24) is 5.32 Å². The smallest absolute Gasteiger partial charge is 0.416 e.